The average Bonchev–Trinajstić information content (AvgIpc) is 2.96. The molecule has 3 aromatic rings. The molecule has 3 aromatic carbocycles. The molecule has 2 aliphatic heterocycles. The summed E-state index contributed by atoms with van der Waals surface area (Å²) < 4.78 is 0. The van der Waals surface area contributed by atoms with Crippen molar-refractivity contribution in [2.75, 3.05) is 13.1 Å². The molecule has 0 N–H and O–H groups in total. The number of aliphatic imine (C=N–C) groups is 1. The molecule has 0 aromatic heterocycles. The zero-order valence-corrected chi connectivity index (χ0v) is 17.0. The summed E-state index contributed by atoms with van der Waals surface area (Å²) in [6, 6.07) is 24.6. The van der Waals surface area contributed by atoms with Crippen molar-refractivity contribution in [3.63, 3.8) is 0 Å². The highest BCUT2D eigenvalue weighted by molar-refractivity contribution is 7.99. The smallest absolute Gasteiger partial charge is 0.253 e. The van der Waals surface area contributed by atoms with Crippen LogP contribution in [0.25, 0.3) is 0 Å². The van der Waals surface area contributed by atoms with Gasteiger partial charge in [-0.3, -0.25) is 4.79 Å². The van der Waals surface area contributed by atoms with E-state index in [0.717, 1.165) is 58.9 Å². The fourth-order valence-corrected chi connectivity index (χ4v) is 4.97. The molecule has 144 valence electrons. The first-order chi connectivity index (χ1) is 14.3. The first-order valence-corrected chi connectivity index (χ1v) is 11.0. The van der Waals surface area contributed by atoms with E-state index in [9.17, 15) is 4.79 Å². The molecule has 0 radical (unpaired) electrons. The largest absolute Gasteiger partial charge is 0.339 e. The minimum Gasteiger partial charge on any atom is -0.339 e. The lowest BCUT2D eigenvalue weighted by Gasteiger charge is -2.26. The van der Waals surface area contributed by atoms with Gasteiger partial charge in [-0.05, 0) is 43.5 Å². The first-order valence-electron chi connectivity index (χ1n) is 10.1. The van der Waals surface area contributed by atoms with E-state index < -0.39 is 0 Å². The summed E-state index contributed by atoms with van der Waals surface area (Å²) in [4.78, 5) is 22.3. The summed E-state index contributed by atoms with van der Waals surface area (Å²) in [5, 5.41) is 0. The maximum Gasteiger partial charge on any atom is 0.253 e. The molecule has 29 heavy (non-hydrogen) atoms. The number of fused-ring (bicyclic) bond motifs is 2. The number of likely N-dealkylation sites (tertiary alicyclic amines) is 1. The SMILES string of the molecule is O=C(c1ccc2c(c1)N=C(c1ccccc1)c1ccccc1S2)N1CCCCC1. The van der Waals surface area contributed by atoms with E-state index in [1.54, 1.807) is 11.8 Å². The van der Waals surface area contributed by atoms with Gasteiger partial charge in [0, 0.05) is 39.6 Å². The molecule has 0 unspecified atom stereocenters. The number of piperidine rings is 1. The molecule has 1 amide bonds. The number of carbonyl (C=O) groups excluding carboxylic acids is 1. The van der Waals surface area contributed by atoms with Gasteiger partial charge in [-0.25, -0.2) is 4.99 Å². The van der Waals surface area contributed by atoms with Gasteiger partial charge >= 0.3 is 0 Å². The monoisotopic (exact) mass is 398 g/mol. The van der Waals surface area contributed by atoms with E-state index in [2.05, 4.69) is 36.4 Å². The molecule has 0 atom stereocenters. The van der Waals surface area contributed by atoms with Crippen molar-refractivity contribution >= 4 is 29.1 Å². The second kappa shape index (κ2) is 7.88. The summed E-state index contributed by atoms with van der Waals surface area (Å²) >= 11 is 1.72. The molecule has 5 rings (SSSR count). The second-order valence-electron chi connectivity index (χ2n) is 7.46. The molecule has 3 nitrogen and oxygen atoms in total. The lowest BCUT2D eigenvalue weighted by molar-refractivity contribution is 0.0724. The summed E-state index contributed by atoms with van der Waals surface area (Å²) in [6.45, 7) is 1.71. The Morgan fingerprint density at radius 3 is 2.41 bits per heavy atom. The topological polar surface area (TPSA) is 32.7 Å². The van der Waals surface area contributed by atoms with Crippen molar-refractivity contribution in [2.45, 2.75) is 29.1 Å². The van der Waals surface area contributed by atoms with Crippen LogP contribution < -0.4 is 0 Å². The molecule has 0 spiro atoms. The van der Waals surface area contributed by atoms with Gasteiger partial charge in [-0.2, -0.15) is 0 Å². The van der Waals surface area contributed by atoms with Crippen molar-refractivity contribution in [1.29, 1.82) is 0 Å². The van der Waals surface area contributed by atoms with E-state index in [0.29, 0.717) is 0 Å². The van der Waals surface area contributed by atoms with Gasteiger partial charge in [0.2, 0.25) is 0 Å². The van der Waals surface area contributed by atoms with Gasteiger partial charge in [0.15, 0.2) is 0 Å². The molecule has 4 heteroatoms. The molecule has 0 saturated carbocycles. The first kappa shape index (κ1) is 18.2. The normalized spacial score (nSPS) is 15.7. The van der Waals surface area contributed by atoms with E-state index in [1.807, 2.05) is 41.3 Å². The Balaban J connectivity index is 1.60. The van der Waals surface area contributed by atoms with Crippen LogP contribution >= 0.6 is 11.8 Å². The molecule has 1 fully saturated rings. The number of benzene rings is 3. The highest BCUT2D eigenvalue weighted by Gasteiger charge is 2.22. The number of amides is 1. The van der Waals surface area contributed by atoms with Gasteiger partial charge in [-0.1, -0.05) is 60.3 Å². The minimum atomic E-state index is 0.121. The van der Waals surface area contributed by atoms with E-state index >= 15 is 0 Å². The van der Waals surface area contributed by atoms with Crippen LogP contribution in [-0.4, -0.2) is 29.6 Å². The Morgan fingerprint density at radius 2 is 1.59 bits per heavy atom. The second-order valence-corrected chi connectivity index (χ2v) is 8.54. The molecule has 0 bridgehead atoms. The predicted molar refractivity (Wildman–Crippen MR) is 119 cm³/mol. The van der Waals surface area contributed by atoms with Crippen LogP contribution in [0.2, 0.25) is 0 Å². The zero-order chi connectivity index (χ0) is 19.6. The van der Waals surface area contributed by atoms with Crippen molar-refractivity contribution in [1.82, 2.24) is 4.90 Å². The van der Waals surface area contributed by atoms with Crippen LogP contribution in [0.4, 0.5) is 5.69 Å². The summed E-state index contributed by atoms with van der Waals surface area (Å²) in [5.74, 6) is 0.121. The molecule has 2 aliphatic rings. The highest BCUT2D eigenvalue weighted by atomic mass is 32.2. The van der Waals surface area contributed by atoms with E-state index in [-0.39, 0.29) is 5.91 Å². The quantitative estimate of drug-likeness (QED) is 0.418. The Kier molecular flexibility index (Phi) is 4.94. The fraction of sp³-hybridized carbons (Fsp3) is 0.200. The van der Waals surface area contributed by atoms with Gasteiger partial charge in [0.25, 0.3) is 5.91 Å². The highest BCUT2D eigenvalue weighted by Crippen LogP contribution is 2.41. The third-order valence-corrected chi connectivity index (χ3v) is 6.63. The Labute approximate surface area is 175 Å². The molecule has 1 saturated heterocycles. The van der Waals surface area contributed by atoms with Gasteiger partial charge in [0.05, 0.1) is 11.4 Å². The van der Waals surface area contributed by atoms with Crippen molar-refractivity contribution < 1.29 is 4.79 Å². The lowest BCUT2D eigenvalue weighted by atomic mass is 10.0. The van der Waals surface area contributed by atoms with Crippen LogP contribution in [0, 0.1) is 0 Å². The van der Waals surface area contributed by atoms with Crippen molar-refractivity contribution in [3.8, 4) is 0 Å². The summed E-state index contributed by atoms with van der Waals surface area (Å²) in [7, 11) is 0. The number of rotatable bonds is 2. The third kappa shape index (κ3) is 3.60. The number of hydrogen-bond donors (Lipinski definition) is 0. The number of hydrogen-bond acceptors (Lipinski definition) is 3. The summed E-state index contributed by atoms with van der Waals surface area (Å²) in [6.07, 6.45) is 3.41. The van der Waals surface area contributed by atoms with Crippen molar-refractivity contribution in [3.05, 3.63) is 89.5 Å². The van der Waals surface area contributed by atoms with Crippen LogP contribution in [-0.2, 0) is 0 Å². The third-order valence-electron chi connectivity index (χ3n) is 5.49. The fourth-order valence-electron chi connectivity index (χ4n) is 3.97. The number of nitrogens with zero attached hydrogens (tertiary/aromatic N) is 2. The van der Waals surface area contributed by atoms with E-state index in [1.165, 1.54) is 11.3 Å². The van der Waals surface area contributed by atoms with Crippen LogP contribution in [0.5, 0.6) is 0 Å². The Hall–Kier alpha value is -2.85. The average molecular weight is 399 g/mol. The van der Waals surface area contributed by atoms with Gasteiger partial charge in [-0.15, -0.1) is 0 Å². The van der Waals surface area contributed by atoms with Gasteiger partial charge < -0.3 is 4.90 Å². The maximum atomic E-state index is 13.0. The van der Waals surface area contributed by atoms with Crippen LogP contribution in [0.3, 0.4) is 0 Å². The Bertz CT molecular complexity index is 1080. The van der Waals surface area contributed by atoms with Gasteiger partial charge in [0.1, 0.15) is 0 Å². The van der Waals surface area contributed by atoms with Crippen LogP contribution in [0.1, 0.15) is 40.7 Å². The molecule has 0 aliphatic carbocycles. The molecule has 2 heterocycles. The minimum absolute atomic E-state index is 0.121. The lowest BCUT2D eigenvalue weighted by Crippen LogP contribution is -2.35. The molecular weight excluding hydrogens is 376 g/mol. The zero-order valence-electron chi connectivity index (χ0n) is 16.2. The predicted octanol–water partition coefficient (Wildman–Crippen LogP) is 5.95. The summed E-state index contributed by atoms with van der Waals surface area (Å²) in [5.41, 5.74) is 4.77. The maximum absolute atomic E-state index is 13.0. The molecular formula is C25H22N2OS. The van der Waals surface area contributed by atoms with Crippen molar-refractivity contribution in [2.24, 2.45) is 4.99 Å². The number of carbonyl (C=O) groups is 1. The standard InChI is InChI=1S/C25H22N2OS/c28-25(27-15-7-2-8-16-27)19-13-14-23-21(17-19)26-24(18-9-3-1-4-10-18)20-11-5-6-12-22(20)29-23/h1,3-6,9-14,17H,2,7-8,15-16H2. The van der Waals surface area contributed by atoms with E-state index in [4.69, 9.17) is 4.99 Å². The Morgan fingerprint density at radius 1 is 0.828 bits per heavy atom. The van der Waals surface area contributed by atoms with Crippen LogP contribution in [0.15, 0.2) is 87.6 Å².